The maximum atomic E-state index is 10.3. The van der Waals surface area contributed by atoms with Gasteiger partial charge in [0.2, 0.25) is 0 Å². The summed E-state index contributed by atoms with van der Waals surface area (Å²) in [6, 6.07) is 23.0. The van der Waals surface area contributed by atoms with Gasteiger partial charge in [-0.2, -0.15) is 0 Å². The second-order valence-corrected chi connectivity index (χ2v) is 5.76. The van der Waals surface area contributed by atoms with Gasteiger partial charge in [0.05, 0.1) is 20.3 Å². The maximum Gasteiger partial charge on any atom is 0.166 e. The number of phenolic OH excluding ortho intramolecular Hbond substituents is 1. The van der Waals surface area contributed by atoms with Crippen LogP contribution in [0.5, 0.6) is 17.2 Å². The molecular weight excluding hydrogens is 326 g/mol. The largest absolute Gasteiger partial charge is 0.504 e. The van der Waals surface area contributed by atoms with Crippen LogP contribution in [-0.2, 0) is 0 Å². The molecule has 0 bridgehead atoms. The summed E-state index contributed by atoms with van der Waals surface area (Å²) in [4.78, 5) is 4.74. The first-order valence-electron chi connectivity index (χ1n) is 8.31. The number of nitrogens with zero attached hydrogens (tertiary/aromatic N) is 1. The van der Waals surface area contributed by atoms with Crippen LogP contribution < -0.4 is 9.47 Å². The van der Waals surface area contributed by atoms with E-state index in [9.17, 15) is 5.11 Å². The molecule has 3 aromatic rings. The lowest BCUT2D eigenvalue weighted by atomic mass is 9.99. The van der Waals surface area contributed by atoms with Gasteiger partial charge in [-0.3, -0.25) is 4.99 Å². The molecule has 3 rings (SSSR count). The fraction of sp³-hybridized carbons (Fsp3) is 0.136. The van der Waals surface area contributed by atoms with Crippen molar-refractivity contribution in [3.05, 3.63) is 89.5 Å². The molecule has 0 unspecified atom stereocenters. The van der Waals surface area contributed by atoms with Gasteiger partial charge in [-0.25, -0.2) is 0 Å². The second kappa shape index (κ2) is 8.21. The number of hydrogen-bond acceptors (Lipinski definition) is 4. The van der Waals surface area contributed by atoms with E-state index in [4.69, 9.17) is 14.5 Å². The normalized spacial score (nSPS) is 12.1. The third-order valence-electron chi connectivity index (χ3n) is 4.16. The number of rotatable bonds is 6. The number of aromatic hydroxyl groups is 1. The summed E-state index contributed by atoms with van der Waals surface area (Å²) in [7, 11) is 3.17. The van der Waals surface area contributed by atoms with Crippen LogP contribution in [0.3, 0.4) is 0 Å². The number of hydrogen-bond donors (Lipinski definition) is 1. The summed E-state index contributed by atoms with van der Waals surface area (Å²) in [5.41, 5.74) is 2.71. The Morgan fingerprint density at radius 1 is 0.808 bits per heavy atom. The minimum atomic E-state index is -0.187. The van der Waals surface area contributed by atoms with Crippen LogP contribution in [0.25, 0.3) is 0 Å². The molecule has 0 amide bonds. The van der Waals surface area contributed by atoms with Gasteiger partial charge in [-0.15, -0.1) is 0 Å². The van der Waals surface area contributed by atoms with E-state index in [0.29, 0.717) is 11.3 Å². The van der Waals surface area contributed by atoms with E-state index in [1.807, 2.05) is 60.7 Å². The number of phenols is 1. The molecular formula is C22H21NO3. The van der Waals surface area contributed by atoms with Crippen LogP contribution in [0.15, 0.2) is 77.8 Å². The highest BCUT2D eigenvalue weighted by molar-refractivity contribution is 5.85. The number of methoxy groups -OCH3 is 2. The summed E-state index contributed by atoms with van der Waals surface area (Å²) in [5, 5.41) is 10.3. The highest BCUT2D eigenvalue weighted by Crippen LogP contribution is 2.30. The van der Waals surface area contributed by atoms with Crippen LogP contribution in [0, 0.1) is 0 Å². The molecule has 0 aliphatic heterocycles. The summed E-state index contributed by atoms with van der Waals surface area (Å²) in [6.07, 6.45) is 1.68. The zero-order valence-electron chi connectivity index (χ0n) is 14.8. The topological polar surface area (TPSA) is 51.0 Å². The first-order valence-corrected chi connectivity index (χ1v) is 8.31. The molecule has 26 heavy (non-hydrogen) atoms. The van der Waals surface area contributed by atoms with Crippen molar-refractivity contribution in [2.75, 3.05) is 14.2 Å². The minimum Gasteiger partial charge on any atom is -0.504 e. The molecule has 0 heterocycles. The van der Waals surface area contributed by atoms with Gasteiger partial charge in [0.1, 0.15) is 5.75 Å². The van der Waals surface area contributed by atoms with E-state index in [-0.39, 0.29) is 11.8 Å². The monoisotopic (exact) mass is 347 g/mol. The van der Waals surface area contributed by atoms with Crippen LogP contribution >= 0.6 is 0 Å². The minimum absolute atomic E-state index is 0.0836. The molecule has 0 saturated carbocycles. The number of aliphatic imine (C=N–C) groups is 1. The average Bonchev–Trinajstić information content (AvgIpc) is 2.70. The predicted octanol–water partition coefficient (Wildman–Crippen LogP) is 4.62. The van der Waals surface area contributed by atoms with Gasteiger partial charge in [-0.05, 0) is 35.4 Å². The summed E-state index contributed by atoms with van der Waals surface area (Å²) in [5.74, 6) is 1.31. The predicted molar refractivity (Wildman–Crippen MR) is 104 cm³/mol. The Kier molecular flexibility index (Phi) is 5.54. The van der Waals surface area contributed by atoms with Crippen molar-refractivity contribution in [3.63, 3.8) is 0 Å². The van der Waals surface area contributed by atoms with Crippen molar-refractivity contribution in [3.8, 4) is 17.2 Å². The highest BCUT2D eigenvalue weighted by Gasteiger charge is 2.13. The second-order valence-electron chi connectivity index (χ2n) is 5.76. The van der Waals surface area contributed by atoms with Crippen LogP contribution in [0.2, 0.25) is 0 Å². The van der Waals surface area contributed by atoms with E-state index in [0.717, 1.165) is 16.9 Å². The maximum absolute atomic E-state index is 10.3. The first-order chi connectivity index (χ1) is 12.7. The van der Waals surface area contributed by atoms with E-state index in [1.54, 1.807) is 25.5 Å². The summed E-state index contributed by atoms with van der Waals surface area (Å²) < 4.78 is 10.4. The lowest BCUT2D eigenvalue weighted by Gasteiger charge is -2.14. The van der Waals surface area contributed by atoms with Gasteiger partial charge in [-0.1, -0.05) is 48.5 Å². The Bertz CT molecular complexity index is 874. The van der Waals surface area contributed by atoms with Crippen molar-refractivity contribution in [1.29, 1.82) is 0 Å². The Morgan fingerprint density at radius 2 is 1.50 bits per heavy atom. The molecule has 0 fully saturated rings. The summed E-state index contributed by atoms with van der Waals surface area (Å²) in [6.45, 7) is 0. The standard InChI is InChI=1S/C22H21NO3/c1-25-19-13-11-17(12-14-19)21(16-7-4-3-5-8-16)23-15-18-9-6-10-20(26-2)22(18)24/h3-15,21,24H,1-2H3/t21-/m1/s1. The van der Waals surface area contributed by atoms with Crippen molar-refractivity contribution in [1.82, 2.24) is 0 Å². The number of ether oxygens (including phenoxy) is 2. The first kappa shape index (κ1) is 17.5. The molecule has 0 aliphatic carbocycles. The molecule has 1 atom stereocenters. The molecule has 4 heteroatoms. The number of para-hydroxylation sites is 1. The zero-order chi connectivity index (χ0) is 18.4. The molecule has 3 aromatic carbocycles. The molecule has 0 aromatic heterocycles. The fourth-order valence-electron chi connectivity index (χ4n) is 2.75. The van der Waals surface area contributed by atoms with Crippen molar-refractivity contribution in [2.45, 2.75) is 6.04 Å². The van der Waals surface area contributed by atoms with Crippen molar-refractivity contribution in [2.24, 2.45) is 4.99 Å². The molecule has 0 radical (unpaired) electrons. The molecule has 0 aliphatic rings. The molecule has 0 saturated heterocycles. The Morgan fingerprint density at radius 3 is 2.15 bits per heavy atom. The lowest BCUT2D eigenvalue weighted by Crippen LogP contribution is -1.99. The average molecular weight is 347 g/mol. The smallest absolute Gasteiger partial charge is 0.166 e. The Labute approximate surface area is 153 Å². The van der Waals surface area contributed by atoms with E-state index in [1.165, 1.54) is 7.11 Å². The van der Waals surface area contributed by atoms with Crippen molar-refractivity contribution < 1.29 is 14.6 Å². The van der Waals surface area contributed by atoms with Crippen LogP contribution in [0.1, 0.15) is 22.7 Å². The van der Waals surface area contributed by atoms with E-state index >= 15 is 0 Å². The van der Waals surface area contributed by atoms with E-state index in [2.05, 4.69) is 0 Å². The Hall–Kier alpha value is -3.27. The quantitative estimate of drug-likeness (QED) is 0.662. The van der Waals surface area contributed by atoms with Crippen LogP contribution in [0.4, 0.5) is 0 Å². The molecule has 132 valence electrons. The highest BCUT2D eigenvalue weighted by atomic mass is 16.5. The SMILES string of the molecule is COc1ccc([C@H](N=Cc2cccc(OC)c2O)c2ccccc2)cc1. The lowest BCUT2D eigenvalue weighted by molar-refractivity contribution is 0.373. The van der Waals surface area contributed by atoms with E-state index < -0.39 is 0 Å². The summed E-state index contributed by atoms with van der Waals surface area (Å²) >= 11 is 0. The molecule has 1 N–H and O–H groups in total. The fourth-order valence-corrected chi connectivity index (χ4v) is 2.75. The van der Waals surface area contributed by atoms with Gasteiger partial charge >= 0.3 is 0 Å². The van der Waals surface area contributed by atoms with Gasteiger partial charge < -0.3 is 14.6 Å². The van der Waals surface area contributed by atoms with Crippen LogP contribution in [-0.4, -0.2) is 25.5 Å². The van der Waals surface area contributed by atoms with Gasteiger partial charge in [0.25, 0.3) is 0 Å². The molecule has 0 spiro atoms. The van der Waals surface area contributed by atoms with Crippen molar-refractivity contribution >= 4 is 6.21 Å². The third-order valence-corrected chi connectivity index (χ3v) is 4.16. The zero-order valence-corrected chi connectivity index (χ0v) is 14.8. The van der Waals surface area contributed by atoms with Gasteiger partial charge in [0.15, 0.2) is 11.5 Å². The van der Waals surface area contributed by atoms with Gasteiger partial charge in [0, 0.05) is 11.8 Å². The molecule has 4 nitrogen and oxygen atoms in total. The third kappa shape index (κ3) is 3.86. The Balaban J connectivity index is 1.98. The number of benzene rings is 3.